The maximum absolute atomic E-state index is 12.8. The average molecular weight is 429 g/mol. The van der Waals surface area contributed by atoms with Crippen LogP contribution in [0.3, 0.4) is 0 Å². The summed E-state index contributed by atoms with van der Waals surface area (Å²) in [6.45, 7) is 7.39. The van der Waals surface area contributed by atoms with Gasteiger partial charge in [-0.3, -0.25) is 9.69 Å². The number of piperazine rings is 2. The summed E-state index contributed by atoms with van der Waals surface area (Å²) in [6, 6.07) is 16.1. The summed E-state index contributed by atoms with van der Waals surface area (Å²) < 4.78 is 5.23. The first-order valence-corrected chi connectivity index (χ1v) is 10.9. The van der Waals surface area contributed by atoms with Gasteiger partial charge in [-0.05, 0) is 42.5 Å². The highest BCUT2D eigenvalue weighted by Crippen LogP contribution is 2.22. The largest absolute Gasteiger partial charge is 0.497 e. The van der Waals surface area contributed by atoms with Gasteiger partial charge in [-0.15, -0.1) is 0 Å². The van der Waals surface area contributed by atoms with Gasteiger partial charge in [-0.25, -0.2) is 0 Å². The van der Waals surface area contributed by atoms with Crippen LogP contribution in [0.25, 0.3) is 0 Å². The average Bonchev–Trinajstić information content (AvgIpc) is 2.80. The zero-order chi connectivity index (χ0) is 20.9. The van der Waals surface area contributed by atoms with Crippen LogP contribution in [0, 0.1) is 0 Å². The molecule has 7 heteroatoms. The van der Waals surface area contributed by atoms with Crippen molar-refractivity contribution in [3.63, 3.8) is 0 Å². The predicted octanol–water partition coefficient (Wildman–Crippen LogP) is 2.82. The minimum atomic E-state index is 0.237. The van der Waals surface area contributed by atoms with Gasteiger partial charge < -0.3 is 19.4 Å². The van der Waals surface area contributed by atoms with Crippen molar-refractivity contribution < 1.29 is 9.53 Å². The normalized spacial score (nSPS) is 17.9. The second kappa shape index (κ2) is 9.58. The van der Waals surface area contributed by atoms with E-state index in [2.05, 4.69) is 32.9 Å². The number of ether oxygens (including phenoxy) is 1. The Morgan fingerprint density at radius 3 is 2.13 bits per heavy atom. The van der Waals surface area contributed by atoms with Crippen molar-refractivity contribution >= 4 is 28.9 Å². The van der Waals surface area contributed by atoms with Crippen LogP contribution in [0.4, 0.5) is 11.4 Å². The van der Waals surface area contributed by atoms with E-state index in [1.165, 1.54) is 5.69 Å². The lowest BCUT2D eigenvalue weighted by atomic mass is 10.2. The van der Waals surface area contributed by atoms with Crippen LogP contribution in [0.15, 0.2) is 48.5 Å². The summed E-state index contributed by atoms with van der Waals surface area (Å²) >= 11 is 6.11. The highest BCUT2D eigenvalue weighted by atomic mass is 35.5. The molecule has 0 atom stereocenters. The van der Waals surface area contributed by atoms with Crippen LogP contribution in [0.5, 0.6) is 5.75 Å². The van der Waals surface area contributed by atoms with E-state index in [1.54, 1.807) is 7.11 Å². The van der Waals surface area contributed by atoms with Crippen molar-refractivity contribution in [2.45, 2.75) is 0 Å². The number of carbonyl (C=O) groups excluding carboxylic acids is 1. The Kier molecular flexibility index (Phi) is 6.65. The molecule has 1 amide bonds. The Balaban J connectivity index is 1.22. The molecule has 0 aromatic heterocycles. The molecule has 0 radical (unpaired) electrons. The smallest absolute Gasteiger partial charge is 0.236 e. The van der Waals surface area contributed by atoms with E-state index in [-0.39, 0.29) is 5.91 Å². The standard InChI is InChI=1S/C23H29ClN4O2/c1-30-22-7-5-20(6-8-22)26-13-15-28(16-14-26)23(29)18-25-9-11-27(12-10-25)21-4-2-3-19(24)17-21/h2-8,17H,9-16,18H2,1H3. The predicted molar refractivity (Wildman–Crippen MR) is 122 cm³/mol. The molecule has 0 unspecified atom stereocenters. The Morgan fingerprint density at radius 2 is 1.50 bits per heavy atom. The van der Waals surface area contributed by atoms with E-state index in [1.807, 2.05) is 35.2 Å². The zero-order valence-corrected chi connectivity index (χ0v) is 18.2. The van der Waals surface area contributed by atoms with Crippen molar-refractivity contribution in [3.05, 3.63) is 53.6 Å². The van der Waals surface area contributed by atoms with Crippen LogP contribution >= 0.6 is 11.6 Å². The number of hydrogen-bond donors (Lipinski definition) is 0. The lowest BCUT2D eigenvalue weighted by Gasteiger charge is -2.39. The number of rotatable bonds is 5. The number of nitrogens with zero attached hydrogens (tertiary/aromatic N) is 4. The molecule has 2 aromatic rings. The zero-order valence-electron chi connectivity index (χ0n) is 17.5. The van der Waals surface area contributed by atoms with Gasteiger partial charge in [0.2, 0.25) is 5.91 Å². The summed E-state index contributed by atoms with van der Waals surface area (Å²) in [5.41, 5.74) is 2.34. The van der Waals surface area contributed by atoms with E-state index >= 15 is 0 Å². The van der Waals surface area contributed by atoms with E-state index in [4.69, 9.17) is 16.3 Å². The van der Waals surface area contributed by atoms with Crippen LogP contribution in [0.2, 0.25) is 5.02 Å². The number of carbonyl (C=O) groups is 1. The molecule has 2 aliphatic heterocycles. The van der Waals surface area contributed by atoms with Crippen molar-refractivity contribution in [1.82, 2.24) is 9.80 Å². The van der Waals surface area contributed by atoms with E-state index in [9.17, 15) is 4.79 Å². The van der Waals surface area contributed by atoms with Gasteiger partial charge in [0.05, 0.1) is 13.7 Å². The molecule has 0 aliphatic carbocycles. The third-order valence-electron chi connectivity index (χ3n) is 5.97. The van der Waals surface area contributed by atoms with Crippen molar-refractivity contribution in [2.75, 3.05) is 75.8 Å². The van der Waals surface area contributed by atoms with Crippen LogP contribution in [-0.2, 0) is 4.79 Å². The molecule has 6 nitrogen and oxygen atoms in total. The Bertz CT molecular complexity index is 845. The third kappa shape index (κ3) is 4.99. The number of methoxy groups -OCH3 is 1. The molecule has 2 fully saturated rings. The topological polar surface area (TPSA) is 39.3 Å². The second-order valence-corrected chi connectivity index (χ2v) is 8.25. The molecule has 2 aliphatic rings. The minimum Gasteiger partial charge on any atom is -0.497 e. The van der Waals surface area contributed by atoms with Gasteiger partial charge in [0.15, 0.2) is 0 Å². The van der Waals surface area contributed by atoms with Crippen LogP contribution in [0.1, 0.15) is 0 Å². The molecular formula is C23H29ClN4O2. The molecule has 0 bridgehead atoms. The van der Waals surface area contributed by atoms with E-state index < -0.39 is 0 Å². The lowest BCUT2D eigenvalue weighted by molar-refractivity contribution is -0.132. The molecule has 0 N–H and O–H groups in total. The van der Waals surface area contributed by atoms with Crippen molar-refractivity contribution in [2.24, 2.45) is 0 Å². The summed E-state index contributed by atoms with van der Waals surface area (Å²) in [7, 11) is 1.68. The van der Waals surface area contributed by atoms with E-state index in [0.29, 0.717) is 6.54 Å². The fraction of sp³-hybridized carbons (Fsp3) is 0.435. The monoisotopic (exact) mass is 428 g/mol. The van der Waals surface area contributed by atoms with Crippen LogP contribution in [-0.4, -0.2) is 81.7 Å². The second-order valence-electron chi connectivity index (χ2n) is 7.81. The van der Waals surface area contributed by atoms with Crippen LogP contribution < -0.4 is 14.5 Å². The summed E-state index contributed by atoms with van der Waals surface area (Å²) in [5, 5.41) is 0.763. The highest BCUT2D eigenvalue weighted by molar-refractivity contribution is 6.30. The first kappa shape index (κ1) is 20.8. The summed E-state index contributed by atoms with van der Waals surface area (Å²) in [5.74, 6) is 1.10. The molecule has 30 heavy (non-hydrogen) atoms. The van der Waals surface area contributed by atoms with Gasteiger partial charge in [0, 0.05) is 68.8 Å². The molecule has 2 heterocycles. The number of benzene rings is 2. The lowest BCUT2D eigenvalue weighted by Crippen LogP contribution is -2.54. The van der Waals surface area contributed by atoms with Gasteiger partial charge >= 0.3 is 0 Å². The molecule has 160 valence electrons. The Hall–Kier alpha value is -2.44. The maximum Gasteiger partial charge on any atom is 0.236 e. The maximum atomic E-state index is 12.8. The summed E-state index contributed by atoms with van der Waals surface area (Å²) in [4.78, 5) is 21.7. The number of amides is 1. The van der Waals surface area contributed by atoms with Gasteiger partial charge in [0.1, 0.15) is 5.75 Å². The Morgan fingerprint density at radius 1 is 0.867 bits per heavy atom. The highest BCUT2D eigenvalue weighted by Gasteiger charge is 2.25. The first-order chi connectivity index (χ1) is 14.6. The van der Waals surface area contributed by atoms with E-state index in [0.717, 1.165) is 68.8 Å². The number of anilines is 2. The first-order valence-electron chi connectivity index (χ1n) is 10.5. The van der Waals surface area contributed by atoms with Gasteiger partial charge in [-0.1, -0.05) is 17.7 Å². The molecule has 0 spiro atoms. The van der Waals surface area contributed by atoms with Crippen molar-refractivity contribution in [1.29, 1.82) is 0 Å². The molecule has 0 saturated carbocycles. The molecular weight excluding hydrogens is 400 g/mol. The van der Waals surface area contributed by atoms with Crippen molar-refractivity contribution in [3.8, 4) is 5.75 Å². The fourth-order valence-electron chi connectivity index (χ4n) is 4.14. The fourth-order valence-corrected chi connectivity index (χ4v) is 4.32. The van der Waals surface area contributed by atoms with Gasteiger partial charge in [-0.2, -0.15) is 0 Å². The Labute approximate surface area is 183 Å². The quantitative estimate of drug-likeness (QED) is 0.732. The molecule has 2 saturated heterocycles. The molecule has 4 rings (SSSR count). The van der Waals surface area contributed by atoms with Gasteiger partial charge in [0.25, 0.3) is 0 Å². The number of hydrogen-bond acceptors (Lipinski definition) is 5. The minimum absolute atomic E-state index is 0.237. The molecule has 2 aromatic carbocycles. The number of halogens is 1. The third-order valence-corrected chi connectivity index (χ3v) is 6.21. The SMILES string of the molecule is COc1ccc(N2CCN(C(=O)CN3CCN(c4cccc(Cl)c4)CC3)CC2)cc1. The summed E-state index contributed by atoms with van der Waals surface area (Å²) in [6.07, 6.45) is 0.